The Morgan fingerprint density at radius 3 is 2.81 bits per heavy atom. The average molecular weight is 284 g/mol. The number of aryl methyl sites for hydroxylation is 1. The monoisotopic (exact) mass is 284 g/mol. The molecule has 0 atom stereocenters. The van der Waals surface area contributed by atoms with Crippen LogP contribution in [-0.2, 0) is 4.74 Å². The number of carbonyl (C=O) groups excluding carboxylic acids is 1. The van der Waals surface area contributed by atoms with Crippen LogP contribution >= 0.6 is 0 Å². The molecule has 3 rings (SSSR count). The lowest BCUT2D eigenvalue weighted by Gasteiger charge is -2.01. The quantitative estimate of drug-likeness (QED) is 0.754. The summed E-state index contributed by atoms with van der Waals surface area (Å²) in [5.74, 6) is 0.313. The minimum Gasteiger partial charge on any atom is -0.462 e. The van der Waals surface area contributed by atoms with E-state index in [1.54, 1.807) is 6.92 Å². The number of allylic oxidation sites excluding steroid dienone is 1. The van der Waals surface area contributed by atoms with Gasteiger partial charge >= 0.3 is 5.97 Å². The van der Waals surface area contributed by atoms with Crippen LogP contribution in [0.25, 0.3) is 17.0 Å². The first kappa shape index (κ1) is 13.9. The second-order valence-electron chi connectivity index (χ2n) is 5.52. The SMILES string of the molecule is CCOC(=O)c1c(C)oc2ccc(C=C3CCCC3)cc12. The van der Waals surface area contributed by atoms with Crippen molar-refractivity contribution < 1.29 is 13.9 Å². The maximum Gasteiger partial charge on any atom is 0.342 e. The van der Waals surface area contributed by atoms with Crippen LogP contribution < -0.4 is 0 Å². The minimum absolute atomic E-state index is 0.306. The van der Waals surface area contributed by atoms with Crippen molar-refractivity contribution in [3.05, 3.63) is 40.7 Å². The van der Waals surface area contributed by atoms with Crippen molar-refractivity contribution >= 4 is 23.0 Å². The van der Waals surface area contributed by atoms with Crippen molar-refractivity contribution in [2.45, 2.75) is 39.5 Å². The fourth-order valence-electron chi connectivity index (χ4n) is 2.99. The zero-order chi connectivity index (χ0) is 14.8. The van der Waals surface area contributed by atoms with Gasteiger partial charge in [-0.3, -0.25) is 0 Å². The Morgan fingerprint density at radius 2 is 2.10 bits per heavy atom. The molecule has 0 saturated heterocycles. The van der Waals surface area contributed by atoms with Gasteiger partial charge in [0.2, 0.25) is 0 Å². The van der Waals surface area contributed by atoms with Crippen LogP contribution in [0.15, 0.2) is 28.2 Å². The summed E-state index contributed by atoms with van der Waals surface area (Å²) < 4.78 is 10.8. The van der Waals surface area contributed by atoms with Crippen LogP contribution in [0.4, 0.5) is 0 Å². The van der Waals surface area contributed by atoms with Gasteiger partial charge in [-0.2, -0.15) is 0 Å². The number of hydrogen-bond acceptors (Lipinski definition) is 3. The Kier molecular flexibility index (Phi) is 3.82. The Morgan fingerprint density at radius 1 is 1.33 bits per heavy atom. The van der Waals surface area contributed by atoms with Gasteiger partial charge in [0.1, 0.15) is 16.9 Å². The molecule has 0 N–H and O–H groups in total. The van der Waals surface area contributed by atoms with E-state index in [-0.39, 0.29) is 5.97 Å². The Hall–Kier alpha value is -2.03. The van der Waals surface area contributed by atoms with E-state index >= 15 is 0 Å². The third-order valence-electron chi connectivity index (χ3n) is 3.98. The molecule has 0 radical (unpaired) electrons. The topological polar surface area (TPSA) is 39.4 Å². The number of hydrogen-bond donors (Lipinski definition) is 0. The highest BCUT2D eigenvalue weighted by molar-refractivity contribution is 6.05. The highest BCUT2D eigenvalue weighted by atomic mass is 16.5. The number of carbonyl (C=O) groups is 1. The van der Waals surface area contributed by atoms with Crippen molar-refractivity contribution in [2.75, 3.05) is 6.61 Å². The van der Waals surface area contributed by atoms with Crippen molar-refractivity contribution in [3.8, 4) is 0 Å². The van der Waals surface area contributed by atoms with Crippen molar-refractivity contribution in [2.24, 2.45) is 0 Å². The van der Waals surface area contributed by atoms with Crippen LogP contribution in [0.5, 0.6) is 0 Å². The molecule has 1 aliphatic rings. The van der Waals surface area contributed by atoms with E-state index in [0.29, 0.717) is 17.9 Å². The van der Waals surface area contributed by atoms with Crippen LogP contribution in [0, 0.1) is 6.92 Å². The predicted octanol–water partition coefficient (Wildman–Crippen LogP) is 4.88. The number of furan rings is 1. The second-order valence-corrected chi connectivity index (χ2v) is 5.52. The molecule has 0 unspecified atom stereocenters. The molecule has 1 heterocycles. The fraction of sp³-hybridized carbons (Fsp3) is 0.389. The normalized spacial score (nSPS) is 14.7. The van der Waals surface area contributed by atoms with Crippen molar-refractivity contribution in [1.82, 2.24) is 0 Å². The Labute approximate surface area is 124 Å². The number of rotatable bonds is 3. The van der Waals surface area contributed by atoms with Crippen LogP contribution in [0.1, 0.15) is 54.3 Å². The van der Waals surface area contributed by atoms with Gasteiger partial charge in [-0.15, -0.1) is 0 Å². The molecule has 0 aliphatic heterocycles. The molecule has 2 aromatic rings. The molecule has 1 aliphatic carbocycles. The minimum atomic E-state index is -0.306. The van der Waals surface area contributed by atoms with Crippen LogP contribution in [0.2, 0.25) is 0 Å². The number of benzene rings is 1. The maximum absolute atomic E-state index is 12.1. The summed E-state index contributed by atoms with van der Waals surface area (Å²) in [5.41, 5.74) is 3.92. The molecule has 0 spiro atoms. The molecule has 110 valence electrons. The molecule has 1 aromatic carbocycles. The van der Waals surface area contributed by atoms with Crippen molar-refractivity contribution in [1.29, 1.82) is 0 Å². The smallest absolute Gasteiger partial charge is 0.342 e. The summed E-state index contributed by atoms with van der Waals surface area (Å²) in [4.78, 5) is 12.1. The third kappa shape index (κ3) is 2.73. The van der Waals surface area contributed by atoms with E-state index < -0.39 is 0 Å². The first-order chi connectivity index (χ1) is 10.2. The standard InChI is InChI=1S/C18H20O3/c1-3-20-18(19)17-12(2)21-16-9-8-14(11-15(16)17)10-13-6-4-5-7-13/h8-11H,3-7H2,1-2H3. The van der Waals surface area contributed by atoms with Gasteiger partial charge in [-0.25, -0.2) is 4.79 Å². The maximum atomic E-state index is 12.1. The average Bonchev–Trinajstić information content (AvgIpc) is 3.05. The number of ether oxygens (including phenoxy) is 1. The fourth-order valence-corrected chi connectivity index (χ4v) is 2.99. The van der Waals surface area contributed by atoms with E-state index in [1.165, 1.54) is 31.3 Å². The number of fused-ring (bicyclic) bond motifs is 1. The Balaban J connectivity index is 2.04. The van der Waals surface area contributed by atoms with Gasteiger partial charge < -0.3 is 9.15 Å². The summed E-state index contributed by atoms with van der Waals surface area (Å²) in [6.45, 7) is 3.99. The Bertz CT molecular complexity index is 699. The predicted molar refractivity (Wildman–Crippen MR) is 83.4 cm³/mol. The first-order valence-corrected chi connectivity index (χ1v) is 7.58. The molecule has 3 heteroatoms. The summed E-state index contributed by atoms with van der Waals surface area (Å²) in [7, 11) is 0. The number of esters is 1. The summed E-state index contributed by atoms with van der Waals surface area (Å²) in [6.07, 6.45) is 7.18. The zero-order valence-electron chi connectivity index (χ0n) is 12.6. The van der Waals surface area contributed by atoms with Gasteiger partial charge in [-0.05, 0) is 57.2 Å². The third-order valence-corrected chi connectivity index (χ3v) is 3.98. The van der Waals surface area contributed by atoms with Gasteiger partial charge in [0.05, 0.1) is 6.61 Å². The second kappa shape index (κ2) is 5.76. The molecule has 1 fully saturated rings. The molecule has 1 saturated carbocycles. The molecule has 3 nitrogen and oxygen atoms in total. The van der Waals surface area contributed by atoms with E-state index in [1.807, 2.05) is 25.1 Å². The molecule has 0 bridgehead atoms. The summed E-state index contributed by atoms with van der Waals surface area (Å²) >= 11 is 0. The summed E-state index contributed by atoms with van der Waals surface area (Å²) in [5, 5.41) is 0.846. The molecule has 0 amide bonds. The molecular formula is C18H20O3. The zero-order valence-corrected chi connectivity index (χ0v) is 12.6. The molecular weight excluding hydrogens is 264 g/mol. The molecule has 1 aromatic heterocycles. The summed E-state index contributed by atoms with van der Waals surface area (Å²) in [6, 6.07) is 6.02. The largest absolute Gasteiger partial charge is 0.462 e. The lowest BCUT2D eigenvalue weighted by molar-refractivity contribution is 0.0526. The van der Waals surface area contributed by atoms with Crippen LogP contribution in [-0.4, -0.2) is 12.6 Å². The first-order valence-electron chi connectivity index (χ1n) is 7.58. The van der Waals surface area contributed by atoms with Gasteiger partial charge in [0, 0.05) is 5.39 Å². The molecule has 21 heavy (non-hydrogen) atoms. The van der Waals surface area contributed by atoms with Crippen LogP contribution in [0.3, 0.4) is 0 Å². The van der Waals surface area contributed by atoms with E-state index in [2.05, 4.69) is 6.08 Å². The van der Waals surface area contributed by atoms with Gasteiger partial charge in [-0.1, -0.05) is 17.7 Å². The van der Waals surface area contributed by atoms with Crippen molar-refractivity contribution in [3.63, 3.8) is 0 Å². The van der Waals surface area contributed by atoms with Gasteiger partial charge in [0.25, 0.3) is 0 Å². The van der Waals surface area contributed by atoms with E-state index in [0.717, 1.165) is 16.5 Å². The van der Waals surface area contributed by atoms with Gasteiger partial charge in [0.15, 0.2) is 0 Å². The van der Waals surface area contributed by atoms with E-state index in [4.69, 9.17) is 9.15 Å². The van der Waals surface area contributed by atoms with E-state index in [9.17, 15) is 4.79 Å². The lowest BCUT2D eigenvalue weighted by Crippen LogP contribution is -2.05. The highest BCUT2D eigenvalue weighted by Gasteiger charge is 2.19. The lowest BCUT2D eigenvalue weighted by atomic mass is 10.1. The highest BCUT2D eigenvalue weighted by Crippen LogP contribution is 2.30.